The summed E-state index contributed by atoms with van der Waals surface area (Å²) in [5.74, 6) is 0.972. The van der Waals surface area contributed by atoms with Crippen molar-refractivity contribution in [3.63, 3.8) is 0 Å². The standard InChI is InChI=1S/C19H26N4O3/c1-12(2)10-23-15(11-22-7-5-6-17(22)19(23)25)9-20-18(24)8-16-13(3)21-26-14(16)4/h5-7,12,15H,8-11H2,1-4H3,(H,20,24). The summed E-state index contributed by atoms with van der Waals surface area (Å²) in [6, 6.07) is 3.68. The highest BCUT2D eigenvalue weighted by atomic mass is 16.5. The van der Waals surface area contributed by atoms with Crippen LogP contribution in [0.1, 0.15) is 41.4 Å². The van der Waals surface area contributed by atoms with Gasteiger partial charge in [0.2, 0.25) is 5.91 Å². The number of nitrogens with one attached hydrogen (secondary N) is 1. The number of hydrogen-bond donors (Lipinski definition) is 1. The summed E-state index contributed by atoms with van der Waals surface area (Å²) >= 11 is 0. The van der Waals surface area contributed by atoms with Crippen LogP contribution in [0.3, 0.4) is 0 Å². The summed E-state index contributed by atoms with van der Waals surface area (Å²) in [6.07, 6.45) is 2.15. The van der Waals surface area contributed by atoms with Gasteiger partial charge in [-0.05, 0) is 31.9 Å². The van der Waals surface area contributed by atoms with Crippen LogP contribution in [0.15, 0.2) is 22.9 Å². The Morgan fingerprint density at radius 3 is 2.85 bits per heavy atom. The van der Waals surface area contributed by atoms with Crippen molar-refractivity contribution in [2.75, 3.05) is 13.1 Å². The van der Waals surface area contributed by atoms with Crippen LogP contribution in [0.5, 0.6) is 0 Å². The van der Waals surface area contributed by atoms with E-state index in [-0.39, 0.29) is 24.3 Å². The van der Waals surface area contributed by atoms with Crippen molar-refractivity contribution in [3.8, 4) is 0 Å². The molecule has 1 aliphatic heterocycles. The molecule has 7 nitrogen and oxygen atoms in total. The molecule has 26 heavy (non-hydrogen) atoms. The lowest BCUT2D eigenvalue weighted by molar-refractivity contribution is -0.120. The number of aromatic nitrogens is 2. The topological polar surface area (TPSA) is 80.4 Å². The largest absolute Gasteiger partial charge is 0.361 e. The van der Waals surface area contributed by atoms with E-state index < -0.39 is 0 Å². The van der Waals surface area contributed by atoms with Crippen LogP contribution < -0.4 is 5.32 Å². The first-order valence-corrected chi connectivity index (χ1v) is 9.01. The Kier molecular flexibility index (Phi) is 5.15. The van der Waals surface area contributed by atoms with Gasteiger partial charge >= 0.3 is 0 Å². The molecule has 140 valence electrons. The summed E-state index contributed by atoms with van der Waals surface area (Å²) in [4.78, 5) is 27.0. The third kappa shape index (κ3) is 3.66. The van der Waals surface area contributed by atoms with Gasteiger partial charge in [0.15, 0.2) is 0 Å². The van der Waals surface area contributed by atoms with E-state index >= 15 is 0 Å². The van der Waals surface area contributed by atoms with Crippen LogP contribution in [-0.2, 0) is 17.8 Å². The number of carbonyl (C=O) groups is 2. The van der Waals surface area contributed by atoms with Gasteiger partial charge in [0.05, 0.1) is 18.2 Å². The van der Waals surface area contributed by atoms with Gasteiger partial charge in [0.25, 0.3) is 5.91 Å². The van der Waals surface area contributed by atoms with E-state index in [1.807, 2.05) is 34.7 Å². The molecule has 2 aromatic heterocycles. The predicted molar refractivity (Wildman–Crippen MR) is 96.8 cm³/mol. The Balaban J connectivity index is 1.67. The molecule has 0 saturated heterocycles. The highest BCUT2D eigenvalue weighted by Crippen LogP contribution is 2.20. The van der Waals surface area contributed by atoms with Crippen LogP contribution in [-0.4, -0.2) is 45.6 Å². The number of amides is 2. The van der Waals surface area contributed by atoms with Crippen molar-refractivity contribution in [1.82, 2.24) is 19.9 Å². The number of fused-ring (bicyclic) bond motifs is 1. The van der Waals surface area contributed by atoms with Crippen molar-refractivity contribution >= 4 is 11.8 Å². The van der Waals surface area contributed by atoms with Gasteiger partial charge in [-0.1, -0.05) is 19.0 Å². The van der Waals surface area contributed by atoms with Gasteiger partial charge in [-0.3, -0.25) is 9.59 Å². The number of aryl methyl sites for hydroxylation is 2. The Labute approximate surface area is 153 Å². The van der Waals surface area contributed by atoms with Crippen LogP contribution in [0.25, 0.3) is 0 Å². The second-order valence-electron chi connectivity index (χ2n) is 7.33. The maximum atomic E-state index is 12.8. The molecule has 7 heteroatoms. The van der Waals surface area contributed by atoms with E-state index in [1.54, 1.807) is 6.92 Å². The minimum absolute atomic E-state index is 0.0277. The highest BCUT2D eigenvalue weighted by molar-refractivity contribution is 5.93. The zero-order chi connectivity index (χ0) is 18.8. The second kappa shape index (κ2) is 7.35. The molecule has 0 aliphatic carbocycles. The van der Waals surface area contributed by atoms with E-state index in [2.05, 4.69) is 24.3 Å². The summed E-state index contributed by atoms with van der Waals surface area (Å²) in [6.45, 7) is 9.61. The molecule has 1 atom stereocenters. The molecule has 1 unspecified atom stereocenters. The molecule has 1 N–H and O–H groups in total. The first-order chi connectivity index (χ1) is 12.4. The van der Waals surface area contributed by atoms with Crippen molar-refractivity contribution in [2.45, 2.75) is 46.7 Å². The van der Waals surface area contributed by atoms with Gasteiger partial charge in [0, 0.05) is 31.4 Å². The predicted octanol–water partition coefficient (Wildman–Crippen LogP) is 1.93. The number of carbonyl (C=O) groups excluding carboxylic acids is 2. The lowest BCUT2D eigenvalue weighted by Crippen LogP contribution is -2.53. The SMILES string of the molecule is Cc1noc(C)c1CC(=O)NCC1Cn2cccc2C(=O)N1CC(C)C. The minimum atomic E-state index is -0.0883. The lowest BCUT2D eigenvalue weighted by Gasteiger charge is -2.37. The normalized spacial score (nSPS) is 16.9. The molecule has 3 heterocycles. The van der Waals surface area contributed by atoms with Crippen LogP contribution >= 0.6 is 0 Å². The number of nitrogens with zero attached hydrogens (tertiary/aromatic N) is 3. The first-order valence-electron chi connectivity index (χ1n) is 9.01. The molecule has 3 rings (SSSR count). The third-order valence-electron chi connectivity index (χ3n) is 4.77. The molecule has 0 fully saturated rings. The zero-order valence-electron chi connectivity index (χ0n) is 15.8. The number of hydrogen-bond acceptors (Lipinski definition) is 4. The summed E-state index contributed by atoms with van der Waals surface area (Å²) in [5, 5.41) is 6.86. The Bertz CT molecular complexity index is 786. The molecule has 0 bridgehead atoms. The quantitative estimate of drug-likeness (QED) is 0.856. The summed E-state index contributed by atoms with van der Waals surface area (Å²) < 4.78 is 7.07. The van der Waals surface area contributed by atoms with E-state index in [0.29, 0.717) is 37.0 Å². The summed E-state index contributed by atoms with van der Waals surface area (Å²) in [5.41, 5.74) is 2.28. The molecule has 2 aromatic rings. The van der Waals surface area contributed by atoms with Crippen molar-refractivity contribution < 1.29 is 14.1 Å². The summed E-state index contributed by atoms with van der Waals surface area (Å²) in [7, 11) is 0. The Morgan fingerprint density at radius 1 is 1.42 bits per heavy atom. The fourth-order valence-electron chi connectivity index (χ4n) is 3.42. The smallest absolute Gasteiger partial charge is 0.270 e. The van der Waals surface area contributed by atoms with E-state index in [0.717, 1.165) is 11.3 Å². The molecule has 1 aliphatic rings. The van der Waals surface area contributed by atoms with Gasteiger partial charge in [0.1, 0.15) is 11.5 Å². The average Bonchev–Trinajstić information content (AvgIpc) is 3.17. The first kappa shape index (κ1) is 18.2. The average molecular weight is 358 g/mol. The van der Waals surface area contributed by atoms with Crippen molar-refractivity contribution in [3.05, 3.63) is 41.0 Å². The molecule has 0 saturated carbocycles. The Hall–Kier alpha value is -2.57. The molecule has 0 aromatic carbocycles. The van der Waals surface area contributed by atoms with E-state index in [1.165, 1.54) is 0 Å². The Morgan fingerprint density at radius 2 is 2.19 bits per heavy atom. The maximum Gasteiger partial charge on any atom is 0.270 e. The van der Waals surface area contributed by atoms with E-state index in [4.69, 9.17) is 4.52 Å². The van der Waals surface area contributed by atoms with Gasteiger partial charge in [-0.2, -0.15) is 0 Å². The van der Waals surface area contributed by atoms with Crippen molar-refractivity contribution in [1.29, 1.82) is 0 Å². The van der Waals surface area contributed by atoms with Crippen LogP contribution in [0, 0.1) is 19.8 Å². The van der Waals surface area contributed by atoms with E-state index in [9.17, 15) is 9.59 Å². The van der Waals surface area contributed by atoms with Crippen LogP contribution in [0.4, 0.5) is 0 Å². The molecular weight excluding hydrogens is 332 g/mol. The number of rotatable bonds is 6. The highest BCUT2D eigenvalue weighted by Gasteiger charge is 2.32. The van der Waals surface area contributed by atoms with Gasteiger partial charge in [-0.25, -0.2) is 0 Å². The van der Waals surface area contributed by atoms with Gasteiger partial charge in [-0.15, -0.1) is 0 Å². The minimum Gasteiger partial charge on any atom is -0.361 e. The lowest BCUT2D eigenvalue weighted by atomic mass is 10.1. The van der Waals surface area contributed by atoms with Gasteiger partial charge < -0.3 is 19.3 Å². The molecule has 2 amide bonds. The van der Waals surface area contributed by atoms with Crippen LogP contribution in [0.2, 0.25) is 0 Å². The maximum absolute atomic E-state index is 12.8. The molecule has 0 spiro atoms. The third-order valence-corrected chi connectivity index (χ3v) is 4.77. The fourth-order valence-corrected chi connectivity index (χ4v) is 3.42. The second-order valence-corrected chi connectivity index (χ2v) is 7.33. The fraction of sp³-hybridized carbons (Fsp3) is 0.526. The molecular formula is C19H26N4O3. The zero-order valence-corrected chi connectivity index (χ0v) is 15.8. The monoisotopic (exact) mass is 358 g/mol. The molecule has 0 radical (unpaired) electrons. The van der Waals surface area contributed by atoms with Crippen molar-refractivity contribution in [2.24, 2.45) is 5.92 Å².